The highest BCUT2D eigenvalue weighted by Gasteiger charge is 2.43. The van der Waals surface area contributed by atoms with E-state index < -0.39 is 24.3 Å². The van der Waals surface area contributed by atoms with Crippen LogP contribution in [-0.4, -0.2) is 80.9 Å². The number of ether oxygens (including phenoxy) is 2. The number of hydrogen-bond acceptors (Lipinski definition) is 9. The number of carboxylic acid groups (broad SMARTS) is 2. The Bertz CT molecular complexity index is 1030. The summed E-state index contributed by atoms with van der Waals surface area (Å²) in [7, 11) is 0. The number of carboxylic acids is 2. The number of aromatic nitrogens is 2. The summed E-state index contributed by atoms with van der Waals surface area (Å²) < 4.78 is 80.8. The van der Waals surface area contributed by atoms with Crippen LogP contribution in [0.4, 0.5) is 26.3 Å². The SMILES string of the molecule is Cc1cc(CN2CCO[C@H]3[C@H](OCc4csc(C)n4)CC[C@@H]32)no1.O=C(O)C(F)(F)F.O=C(O)C(F)(F)F. The van der Waals surface area contributed by atoms with E-state index in [1.165, 1.54) is 0 Å². The van der Waals surface area contributed by atoms with Gasteiger partial charge in [0.1, 0.15) is 5.76 Å². The molecule has 0 bridgehead atoms. The number of morpholine rings is 1. The number of halogens is 6. The summed E-state index contributed by atoms with van der Waals surface area (Å²) >= 11 is 1.67. The minimum Gasteiger partial charge on any atom is -0.475 e. The monoisotopic (exact) mass is 577 g/mol. The number of alkyl halides is 6. The smallest absolute Gasteiger partial charge is 0.475 e. The van der Waals surface area contributed by atoms with Gasteiger partial charge in [-0.05, 0) is 26.7 Å². The van der Waals surface area contributed by atoms with Gasteiger partial charge in [0.25, 0.3) is 0 Å². The van der Waals surface area contributed by atoms with Crippen molar-refractivity contribution in [1.82, 2.24) is 15.0 Å². The summed E-state index contributed by atoms with van der Waals surface area (Å²) in [6.07, 6.45) is -7.74. The zero-order valence-electron chi connectivity index (χ0n) is 20.1. The predicted molar refractivity (Wildman–Crippen MR) is 117 cm³/mol. The predicted octanol–water partition coefficient (Wildman–Crippen LogP) is 3.96. The molecule has 0 spiro atoms. The van der Waals surface area contributed by atoms with Crippen molar-refractivity contribution in [3.63, 3.8) is 0 Å². The molecule has 2 N–H and O–H groups in total. The fourth-order valence-electron chi connectivity index (χ4n) is 3.73. The minimum absolute atomic E-state index is 0.145. The quantitative estimate of drug-likeness (QED) is 0.503. The summed E-state index contributed by atoms with van der Waals surface area (Å²) in [5.41, 5.74) is 2.02. The van der Waals surface area contributed by atoms with E-state index in [-0.39, 0.29) is 12.2 Å². The molecule has 1 aliphatic carbocycles. The highest BCUT2D eigenvalue weighted by Crippen LogP contribution is 2.33. The minimum atomic E-state index is -5.08. The van der Waals surface area contributed by atoms with Crippen molar-refractivity contribution in [2.45, 2.75) is 70.4 Å². The Hall–Kier alpha value is -2.76. The van der Waals surface area contributed by atoms with E-state index in [0.29, 0.717) is 12.6 Å². The zero-order valence-corrected chi connectivity index (χ0v) is 20.9. The van der Waals surface area contributed by atoms with Crippen LogP contribution in [0.5, 0.6) is 0 Å². The molecule has 2 aromatic heterocycles. The maximum absolute atomic E-state index is 10.6. The Morgan fingerprint density at radius 3 is 2.18 bits per heavy atom. The summed E-state index contributed by atoms with van der Waals surface area (Å²) in [5, 5.41) is 21.5. The molecule has 38 heavy (non-hydrogen) atoms. The maximum atomic E-state index is 10.6. The van der Waals surface area contributed by atoms with Crippen LogP contribution in [0.2, 0.25) is 0 Å². The summed E-state index contributed by atoms with van der Waals surface area (Å²) in [6.45, 7) is 7.02. The summed E-state index contributed by atoms with van der Waals surface area (Å²) in [4.78, 5) is 24.7. The van der Waals surface area contributed by atoms with E-state index in [1.54, 1.807) is 11.3 Å². The molecule has 2 fully saturated rings. The second-order valence-electron chi connectivity index (χ2n) is 8.19. The number of nitrogens with zero attached hydrogens (tertiary/aromatic N) is 3. The fourth-order valence-corrected chi connectivity index (χ4v) is 4.33. The Labute approximate surface area is 216 Å². The average molecular weight is 578 g/mol. The fraction of sp³-hybridized carbons (Fsp3) is 0.619. The second kappa shape index (κ2) is 13.3. The van der Waals surface area contributed by atoms with Crippen LogP contribution in [-0.2, 0) is 32.2 Å². The van der Waals surface area contributed by atoms with Crippen LogP contribution in [0.1, 0.15) is 35.0 Å². The molecule has 1 saturated heterocycles. The number of rotatable bonds is 5. The van der Waals surface area contributed by atoms with Crippen molar-refractivity contribution in [3.05, 3.63) is 33.6 Å². The van der Waals surface area contributed by atoms with Crippen LogP contribution in [0.15, 0.2) is 16.0 Å². The van der Waals surface area contributed by atoms with Gasteiger partial charge in [0, 0.05) is 30.6 Å². The lowest BCUT2D eigenvalue weighted by atomic mass is 10.1. The third kappa shape index (κ3) is 9.85. The molecule has 1 saturated carbocycles. The molecule has 3 heterocycles. The highest BCUT2D eigenvalue weighted by molar-refractivity contribution is 7.09. The third-order valence-electron chi connectivity index (χ3n) is 5.29. The first kappa shape index (κ1) is 31.5. The molecule has 0 amide bonds. The molecule has 2 aliphatic rings. The van der Waals surface area contributed by atoms with E-state index in [4.69, 9.17) is 33.8 Å². The number of carbonyl (C=O) groups is 2. The van der Waals surface area contributed by atoms with Crippen molar-refractivity contribution < 1.29 is 60.1 Å². The average Bonchev–Trinajstić information content (AvgIpc) is 3.52. The Kier molecular flexibility index (Phi) is 11.0. The molecular weight excluding hydrogens is 552 g/mol. The second-order valence-corrected chi connectivity index (χ2v) is 9.25. The van der Waals surface area contributed by atoms with Gasteiger partial charge in [-0.15, -0.1) is 11.3 Å². The van der Waals surface area contributed by atoms with E-state index in [0.717, 1.165) is 54.7 Å². The number of fused-ring (bicyclic) bond motifs is 1. The molecule has 0 radical (unpaired) electrons. The van der Waals surface area contributed by atoms with Gasteiger partial charge in [0.2, 0.25) is 0 Å². The lowest BCUT2D eigenvalue weighted by Gasteiger charge is -2.38. The number of hydrogen-bond donors (Lipinski definition) is 2. The molecule has 1 aliphatic heterocycles. The highest BCUT2D eigenvalue weighted by atomic mass is 32.1. The Morgan fingerprint density at radius 2 is 1.71 bits per heavy atom. The first-order valence-electron chi connectivity index (χ1n) is 11.0. The first-order chi connectivity index (χ1) is 17.6. The Morgan fingerprint density at radius 1 is 1.11 bits per heavy atom. The molecule has 17 heteroatoms. The van der Waals surface area contributed by atoms with E-state index in [2.05, 4.69) is 20.4 Å². The topological polar surface area (TPSA) is 135 Å². The molecule has 2 aromatic rings. The third-order valence-corrected chi connectivity index (χ3v) is 6.11. The van der Waals surface area contributed by atoms with Crippen LogP contribution in [0.3, 0.4) is 0 Å². The van der Waals surface area contributed by atoms with Crippen molar-refractivity contribution in [2.24, 2.45) is 0 Å². The van der Waals surface area contributed by atoms with Gasteiger partial charge in [-0.3, -0.25) is 4.90 Å². The molecule has 10 nitrogen and oxygen atoms in total. The molecular formula is C21H25F6N3O7S. The van der Waals surface area contributed by atoms with Crippen molar-refractivity contribution in [2.75, 3.05) is 13.2 Å². The van der Waals surface area contributed by atoms with Gasteiger partial charge in [0.05, 0.1) is 41.8 Å². The molecule has 0 unspecified atom stereocenters. The van der Waals surface area contributed by atoms with Gasteiger partial charge in [0.15, 0.2) is 0 Å². The Balaban J connectivity index is 0.000000301. The normalized spacial score (nSPS) is 21.5. The van der Waals surface area contributed by atoms with E-state index in [1.807, 2.05) is 19.9 Å². The number of thiazole rings is 1. The molecule has 3 atom stereocenters. The standard InChI is InChI=1S/C17H23N3O3S.2C2HF3O2/c1-11-7-13(19-23-11)8-20-5-6-21-17-15(20)3-4-16(17)22-9-14-10-24-12(2)18-14;2*3-2(4,5)1(6)7/h7,10,15-17H,3-6,8-9H2,1-2H3;2*(H,6,7)/t15-,16+,17+;;/m0../s1. The summed E-state index contributed by atoms with van der Waals surface area (Å²) in [5.74, 6) is -4.65. The van der Waals surface area contributed by atoms with E-state index in [9.17, 15) is 26.3 Å². The van der Waals surface area contributed by atoms with Crippen molar-refractivity contribution in [1.29, 1.82) is 0 Å². The largest absolute Gasteiger partial charge is 0.490 e. The van der Waals surface area contributed by atoms with Crippen LogP contribution in [0, 0.1) is 13.8 Å². The number of aryl methyl sites for hydroxylation is 2. The number of aliphatic carboxylic acids is 2. The van der Waals surface area contributed by atoms with Gasteiger partial charge in [-0.2, -0.15) is 26.3 Å². The van der Waals surface area contributed by atoms with E-state index >= 15 is 0 Å². The first-order valence-corrected chi connectivity index (χ1v) is 11.9. The summed E-state index contributed by atoms with van der Waals surface area (Å²) in [6, 6.07) is 2.41. The van der Waals surface area contributed by atoms with Crippen molar-refractivity contribution >= 4 is 23.3 Å². The lowest BCUT2D eigenvalue weighted by molar-refractivity contribution is -0.193. The van der Waals surface area contributed by atoms with Crippen LogP contribution in [0.25, 0.3) is 0 Å². The lowest BCUT2D eigenvalue weighted by Crippen LogP contribution is -2.51. The molecule has 0 aromatic carbocycles. The van der Waals surface area contributed by atoms with Gasteiger partial charge >= 0.3 is 24.3 Å². The van der Waals surface area contributed by atoms with Gasteiger partial charge < -0.3 is 24.2 Å². The van der Waals surface area contributed by atoms with Crippen molar-refractivity contribution in [3.8, 4) is 0 Å². The molecule has 4 rings (SSSR count). The molecule has 214 valence electrons. The van der Waals surface area contributed by atoms with Crippen LogP contribution < -0.4 is 0 Å². The van der Waals surface area contributed by atoms with Crippen LogP contribution >= 0.6 is 11.3 Å². The maximum Gasteiger partial charge on any atom is 0.490 e. The van der Waals surface area contributed by atoms with Gasteiger partial charge in [-0.1, -0.05) is 5.16 Å². The van der Waals surface area contributed by atoms with Gasteiger partial charge in [-0.25, -0.2) is 14.6 Å². The zero-order chi connectivity index (χ0) is 28.7.